The summed E-state index contributed by atoms with van der Waals surface area (Å²) in [6.07, 6.45) is 1.67. The fourth-order valence-electron chi connectivity index (χ4n) is 3.42. The van der Waals surface area contributed by atoms with Crippen LogP contribution >= 0.6 is 15.9 Å². The van der Waals surface area contributed by atoms with E-state index in [-0.39, 0.29) is 17.3 Å². The monoisotopic (exact) mass is 514 g/mol. The summed E-state index contributed by atoms with van der Waals surface area (Å²) in [4.78, 5) is 12.7. The lowest BCUT2D eigenvalue weighted by Gasteiger charge is -2.14. The molecule has 3 aromatic rings. The number of carbonyl (C=O) groups excluding carboxylic acids is 1. The van der Waals surface area contributed by atoms with Gasteiger partial charge in [-0.3, -0.25) is 4.79 Å². The van der Waals surface area contributed by atoms with Gasteiger partial charge >= 0.3 is 0 Å². The van der Waals surface area contributed by atoms with Crippen molar-refractivity contribution < 1.29 is 13.2 Å². The molecule has 7 heteroatoms. The minimum Gasteiger partial charge on any atom is -0.326 e. The van der Waals surface area contributed by atoms with Gasteiger partial charge < -0.3 is 5.32 Å². The Balaban J connectivity index is 1.57. The Morgan fingerprint density at radius 1 is 0.969 bits per heavy atom. The van der Waals surface area contributed by atoms with Gasteiger partial charge in [-0.2, -0.15) is 0 Å². The number of amides is 1. The molecular weight excluding hydrogens is 488 g/mol. The van der Waals surface area contributed by atoms with Crippen molar-refractivity contribution in [2.75, 3.05) is 5.32 Å². The third kappa shape index (κ3) is 6.51. The topological polar surface area (TPSA) is 75.3 Å². The molecule has 2 N–H and O–H groups in total. The lowest BCUT2D eigenvalue weighted by atomic mass is 10.1. The zero-order valence-electron chi connectivity index (χ0n) is 18.2. The van der Waals surface area contributed by atoms with Gasteiger partial charge in [0.15, 0.2) is 0 Å². The SMILES string of the molecule is CCc1cc(Br)cc(C)c1NC(=O)CCc1ccc(S(=O)(=O)NCc2ccccc2)cc1. The van der Waals surface area contributed by atoms with E-state index < -0.39 is 10.0 Å². The first-order chi connectivity index (χ1) is 15.3. The molecule has 0 atom stereocenters. The van der Waals surface area contributed by atoms with Crippen molar-refractivity contribution in [3.05, 3.63) is 93.5 Å². The number of rotatable bonds is 9. The minimum absolute atomic E-state index is 0.0636. The summed E-state index contributed by atoms with van der Waals surface area (Å²) < 4.78 is 28.7. The van der Waals surface area contributed by atoms with Crippen LogP contribution in [0.2, 0.25) is 0 Å². The molecule has 0 aromatic heterocycles. The van der Waals surface area contributed by atoms with Gasteiger partial charge in [-0.15, -0.1) is 0 Å². The number of sulfonamides is 1. The molecular formula is C25H27BrN2O3S. The van der Waals surface area contributed by atoms with Gasteiger partial charge in [-0.05, 0) is 66.3 Å². The molecule has 0 aliphatic heterocycles. The van der Waals surface area contributed by atoms with Crippen molar-refractivity contribution >= 4 is 37.5 Å². The van der Waals surface area contributed by atoms with Crippen LogP contribution in [0.3, 0.4) is 0 Å². The van der Waals surface area contributed by atoms with Crippen LogP contribution < -0.4 is 10.0 Å². The number of hydrogen-bond acceptors (Lipinski definition) is 3. The molecule has 0 fully saturated rings. The highest BCUT2D eigenvalue weighted by Crippen LogP contribution is 2.26. The number of anilines is 1. The Bertz CT molecular complexity index is 1180. The fraction of sp³-hybridized carbons (Fsp3) is 0.240. The molecule has 5 nitrogen and oxygen atoms in total. The molecule has 0 aliphatic rings. The molecule has 0 bridgehead atoms. The molecule has 0 heterocycles. The third-order valence-electron chi connectivity index (χ3n) is 5.21. The second kappa shape index (κ2) is 10.9. The first-order valence-corrected chi connectivity index (χ1v) is 12.8. The molecule has 168 valence electrons. The van der Waals surface area contributed by atoms with Crippen LogP contribution in [0.1, 0.15) is 35.6 Å². The van der Waals surface area contributed by atoms with Crippen LogP contribution in [-0.4, -0.2) is 14.3 Å². The van der Waals surface area contributed by atoms with Gasteiger partial charge in [0.2, 0.25) is 15.9 Å². The summed E-state index contributed by atoms with van der Waals surface area (Å²) in [5.74, 6) is -0.0636. The van der Waals surface area contributed by atoms with Crippen LogP contribution in [-0.2, 0) is 34.2 Å². The van der Waals surface area contributed by atoms with Crippen LogP contribution in [0, 0.1) is 6.92 Å². The van der Waals surface area contributed by atoms with Crippen molar-refractivity contribution in [1.82, 2.24) is 4.72 Å². The first-order valence-electron chi connectivity index (χ1n) is 10.5. The van der Waals surface area contributed by atoms with E-state index >= 15 is 0 Å². The summed E-state index contributed by atoms with van der Waals surface area (Å²) >= 11 is 3.50. The fourth-order valence-corrected chi connectivity index (χ4v) is 5.06. The standard InChI is InChI=1S/C25H27BrN2O3S/c1-3-21-16-22(26)15-18(2)25(21)28-24(29)14-11-19-9-12-23(13-10-19)32(30,31)27-17-20-7-5-4-6-8-20/h4-10,12-13,15-16,27H,3,11,14,17H2,1-2H3,(H,28,29). The Morgan fingerprint density at radius 2 is 1.66 bits per heavy atom. The van der Waals surface area contributed by atoms with Crippen LogP contribution in [0.25, 0.3) is 0 Å². The largest absolute Gasteiger partial charge is 0.326 e. The normalized spacial score (nSPS) is 11.3. The number of halogens is 1. The second-order valence-electron chi connectivity index (χ2n) is 7.61. The number of nitrogens with one attached hydrogen (secondary N) is 2. The van der Waals surface area contributed by atoms with Crippen LogP contribution in [0.5, 0.6) is 0 Å². The highest BCUT2D eigenvalue weighted by Gasteiger charge is 2.14. The van der Waals surface area contributed by atoms with Crippen molar-refractivity contribution in [3.8, 4) is 0 Å². The van der Waals surface area contributed by atoms with E-state index in [0.717, 1.165) is 38.8 Å². The number of hydrogen-bond donors (Lipinski definition) is 2. The van der Waals surface area contributed by atoms with Crippen LogP contribution in [0.4, 0.5) is 5.69 Å². The summed E-state index contributed by atoms with van der Waals surface area (Å²) in [6, 6.07) is 20.0. The molecule has 0 saturated heterocycles. The van der Waals surface area contributed by atoms with Crippen molar-refractivity contribution in [1.29, 1.82) is 0 Å². The summed E-state index contributed by atoms with van der Waals surface area (Å²) in [5.41, 5.74) is 4.77. The quantitative estimate of drug-likeness (QED) is 0.403. The highest BCUT2D eigenvalue weighted by molar-refractivity contribution is 9.10. The molecule has 32 heavy (non-hydrogen) atoms. The van der Waals surface area contributed by atoms with Gasteiger partial charge in [0.1, 0.15) is 0 Å². The van der Waals surface area contributed by atoms with E-state index in [0.29, 0.717) is 12.8 Å². The van der Waals surface area contributed by atoms with Gasteiger partial charge in [0.25, 0.3) is 0 Å². The lowest BCUT2D eigenvalue weighted by Crippen LogP contribution is -2.23. The second-order valence-corrected chi connectivity index (χ2v) is 10.3. The summed E-state index contributed by atoms with van der Waals surface area (Å²) in [6.45, 7) is 4.27. The van der Waals surface area contributed by atoms with E-state index in [4.69, 9.17) is 0 Å². The van der Waals surface area contributed by atoms with E-state index in [1.165, 1.54) is 0 Å². The number of carbonyl (C=O) groups is 1. The number of aryl methyl sites for hydroxylation is 3. The Labute approximate surface area is 198 Å². The highest BCUT2D eigenvalue weighted by atomic mass is 79.9. The van der Waals surface area contributed by atoms with Gasteiger partial charge in [-0.25, -0.2) is 13.1 Å². The predicted molar refractivity (Wildman–Crippen MR) is 132 cm³/mol. The molecule has 3 rings (SSSR count). The summed E-state index contributed by atoms with van der Waals surface area (Å²) in [5, 5.41) is 3.03. The molecule has 0 saturated carbocycles. The molecule has 0 radical (unpaired) electrons. The van der Waals surface area contributed by atoms with Crippen molar-refractivity contribution in [3.63, 3.8) is 0 Å². The molecule has 0 spiro atoms. The maximum atomic E-state index is 12.5. The smallest absolute Gasteiger partial charge is 0.240 e. The zero-order chi connectivity index (χ0) is 23.1. The van der Waals surface area contributed by atoms with Gasteiger partial charge in [0, 0.05) is 23.1 Å². The van der Waals surface area contributed by atoms with E-state index in [1.807, 2.05) is 49.4 Å². The predicted octanol–water partition coefficient (Wildman–Crippen LogP) is 5.37. The van der Waals surface area contributed by atoms with Gasteiger partial charge in [-0.1, -0.05) is 65.3 Å². The maximum Gasteiger partial charge on any atom is 0.240 e. The average molecular weight is 515 g/mol. The maximum absolute atomic E-state index is 12.5. The Hall–Kier alpha value is -2.48. The average Bonchev–Trinajstić information content (AvgIpc) is 2.79. The molecule has 1 amide bonds. The zero-order valence-corrected chi connectivity index (χ0v) is 20.6. The van der Waals surface area contributed by atoms with E-state index in [9.17, 15) is 13.2 Å². The summed E-state index contributed by atoms with van der Waals surface area (Å²) in [7, 11) is -3.60. The molecule has 3 aromatic carbocycles. The Morgan fingerprint density at radius 3 is 2.31 bits per heavy atom. The van der Waals surface area contributed by atoms with E-state index in [2.05, 4.69) is 32.9 Å². The number of benzene rings is 3. The Kier molecular flexibility index (Phi) is 8.23. The molecule has 0 unspecified atom stereocenters. The van der Waals surface area contributed by atoms with Crippen molar-refractivity contribution in [2.45, 2.75) is 44.6 Å². The third-order valence-corrected chi connectivity index (χ3v) is 7.09. The first kappa shape index (κ1) is 24.2. The minimum atomic E-state index is -3.60. The van der Waals surface area contributed by atoms with E-state index in [1.54, 1.807) is 24.3 Å². The lowest BCUT2D eigenvalue weighted by molar-refractivity contribution is -0.116. The van der Waals surface area contributed by atoms with Crippen LogP contribution in [0.15, 0.2) is 76.1 Å². The van der Waals surface area contributed by atoms with Crippen molar-refractivity contribution in [2.24, 2.45) is 0 Å². The van der Waals surface area contributed by atoms with Gasteiger partial charge in [0.05, 0.1) is 4.90 Å². The molecule has 0 aliphatic carbocycles.